The summed E-state index contributed by atoms with van der Waals surface area (Å²) in [6, 6.07) is 40.1. The van der Waals surface area contributed by atoms with Gasteiger partial charge in [-0.2, -0.15) is 0 Å². The molecule has 0 amide bonds. The Morgan fingerprint density at radius 1 is 0.267 bits per heavy atom. The molecule has 0 bridgehead atoms. The number of rotatable bonds is 0. The second-order valence-electron chi connectivity index (χ2n) is 8.13. The maximum atomic E-state index is 2.39. The molecular formula is C30H18. The molecule has 0 spiro atoms. The summed E-state index contributed by atoms with van der Waals surface area (Å²) in [5.74, 6) is 0. The minimum absolute atomic E-state index is 1.29. The molecule has 0 aliphatic carbocycles. The van der Waals surface area contributed by atoms with E-state index in [1.54, 1.807) is 0 Å². The van der Waals surface area contributed by atoms with Crippen LogP contribution >= 0.6 is 0 Å². The summed E-state index contributed by atoms with van der Waals surface area (Å²) in [6.45, 7) is 0. The first-order valence-electron chi connectivity index (χ1n) is 10.5. The van der Waals surface area contributed by atoms with E-state index in [1.165, 1.54) is 64.6 Å². The van der Waals surface area contributed by atoms with Gasteiger partial charge in [0.2, 0.25) is 0 Å². The second-order valence-corrected chi connectivity index (χ2v) is 8.13. The molecule has 0 N–H and O–H groups in total. The Labute approximate surface area is 174 Å². The summed E-state index contributed by atoms with van der Waals surface area (Å²) in [6.07, 6.45) is 0. The van der Waals surface area contributed by atoms with Gasteiger partial charge in [0.1, 0.15) is 0 Å². The normalized spacial score (nSPS) is 12.0. The molecule has 0 fully saturated rings. The fraction of sp³-hybridized carbons (Fsp3) is 0. The fourth-order valence-electron chi connectivity index (χ4n) is 5.31. The van der Waals surface area contributed by atoms with Crippen LogP contribution in [-0.4, -0.2) is 0 Å². The van der Waals surface area contributed by atoms with E-state index in [2.05, 4.69) is 109 Å². The van der Waals surface area contributed by atoms with Crippen molar-refractivity contribution >= 4 is 64.6 Å². The monoisotopic (exact) mass is 378 g/mol. The van der Waals surface area contributed by atoms with Gasteiger partial charge < -0.3 is 0 Å². The maximum absolute atomic E-state index is 2.39. The van der Waals surface area contributed by atoms with Crippen LogP contribution in [-0.2, 0) is 0 Å². The molecule has 0 unspecified atom stereocenters. The van der Waals surface area contributed by atoms with Gasteiger partial charge in [-0.1, -0.05) is 97.1 Å². The van der Waals surface area contributed by atoms with Crippen LogP contribution in [0.25, 0.3) is 64.6 Å². The van der Waals surface area contributed by atoms with Crippen LogP contribution in [0.15, 0.2) is 109 Å². The van der Waals surface area contributed by atoms with Crippen molar-refractivity contribution < 1.29 is 0 Å². The summed E-state index contributed by atoms with van der Waals surface area (Å²) in [7, 11) is 0. The van der Waals surface area contributed by atoms with Crippen molar-refractivity contribution in [1.82, 2.24) is 0 Å². The van der Waals surface area contributed by atoms with Crippen molar-refractivity contribution in [2.75, 3.05) is 0 Å². The Bertz CT molecular complexity index is 1780. The lowest BCUT2D eigenvalue weighted by Crippen LogP contribution is -1.88. The third-order valence-corrected chi connectivity index (χ3v) is 6.57. The molecule has 0 heterocycles. The second kappa shape index (κ2) is 5.81. The lowest BCUT2D eigenvalue weighted by molar-refractivity contribution is 1.78. The molecule has 0 aliphatic rings. The topological polar surface area (TPSA) is 0 Å². The van der Waals surface area contributed by atoms with Gasteiger partial charge in [-0.3, -0.25) is 0 Å². The molecule has 0 saturated carbocycles. The first-order chi connectivity index (χ1) is 14.9. The van der Waals surface area contributed by atoms with Crippen LogP contribution in [0, 0.1) is 0 Å². The quantitative estimate of drug-likeness (QED) is 0.183. The molecule has 0 heteroatoms. The molecule has 0 aliphatic heterocycles. The SMILES string of the molecule is c1ccc2cc3c(cc2c1)c1ccccc1c1c2ccccc2c2ccccc2c31. The third kappa shape index (κ3) is 2.00. The molecule has 0 aromatic heterocycles. The fourth-order valence-corrected chi connectivity index (χ4v) is 5.31. The predicted molar refractivity (Wildman–Crippen MR) is 131 cm³/mol. The largest absolute Gasteiger partial charge is 0.0616 e. The Morgan fingerprint density at radius 3 is 1.10 bits per heavy atom. The smallest absolute Gasteiger partial charge is 0.00137 e. The molecule has 7 rings (SSSR count). The third-order valence-electron chi connectivity index (χ3n) is 6.57. The lowest BCUT2D eigenvalue weighted by atomic mass is 9.86. The van der Waals surface area contributed by atoms with Crippen LogP contribution in [0.4, 0.5) is 0 Å². The Kier molecular flexibility index (Phi) is 3.09. The summed E-state index contributed by atoms with van der Waals surface area (Å²) < 4.78 is 0. The van der Waals surface area contributed by atoms with Crippen LogP contribution in [0.2, 0.25) is 0 Å². The minimum atomic E-state index is 1.29. The zero-order valence-electron chi connectivity index (χ0n) is 16.4. The Morgan fingerprint density at radius 2 is 0.600 bits per heavy atom. The lowest BCUT2D eigenvalue weighted by Gasteiger charge is -2.17. The molecule has 138 valence electrons. The summed E-state index contributed by atoms with van der Waals surface area (Å²) in [5.41, 5.74) is 0. The summed E-state index contributed by atoms with van der Waals surface area (Å²) >= 11 is 0. The highest BCUT2D eigenvalue weighted by Crippen LogP contribution is 2.44. The number of hydrogen-bond donors (Lipinski definition) is 0. The number of fused-ring (bicyclic) bond motifs is 12. The highest BCUT2D eigenvalue weighted by Gasteiger charge is 2.15. The van der Waals surface area contributed by atoms with E-state index in [4.69, 9.17) is 0 Å². The van der Waals surface area contributed by atoms with Gasteiger partial charge in [-0.05, 0) is 76.8 Å². The van der Waals surface area contributed by atoms with Crippen molar-refractivity contribution in [3.8, 4) is 0 Å². The van der Waals surface area contributed by atoms with Gasteiger partial charge in [-0.25, -0.2) is 0 Å². The molecule has 7 aromatic carbocycles. The van der Waals surface area contributed by atoms with Gasteiger partial charge in [0.05, 0.1) is 0 Å². The summed E-state index contributed by atoms with van der Waals surface area (Å²) in [4.78, 5) is 0. The first-order valence-corrected chi connectivity index (χ1v) is 10.5. The maximum Gasteiger partial charge on any atom is -0.00137 e. The number of hydrogen-bond acceptors (Lipinski definition) is 0. The molecule has 0 radical (unpaired) electrons. The predicted octanol–water partition coefficient (Wildman–Crippen LogP) is 8.61. The zero-order chi connectivity index (χ0) is 19.7. The zero-order valence-corrected chi connectivity index (χ0v) is 16.4. The van der Waals surface area contributed by atoms with Crippen molar-refractivity contribution in [3.63, 3.8) is 0 Å². The number of benzene rings is 7. The molecule has 0 nitrogen and oxygen atoms in total. The van der Waals surface area contributed by atoms with Crippen molar-refractivity contribution in [2.24, 2.45) is 0 Å². The first kappa shape index (κ1) is 16.0. The van der Waals surface area contributed by atoms with E-state index in [9.17, 15) is 0 Å². The van der Waals surface area contributed by atoms with E-state index in [0.717, 1.165) is 0 Å². The van der Waals surface area contributed by atoms with E-state index in [1.807, 2.05) is 0 Å². The van der Waals surface area contributed by atoms with E-state index < -0.39 is 0 Å². The van der Waals surface area contributed by atoms with Crippen LogP contribution in [0.5, 0.6) is 0 Å². The van der Waals surface area contributed by atoms with Crippen molar-refractivity contribution in [2.45, 2.75) is 0 Å². The van der Waals surface area contributed by atoms with E-state index in [-0.39, 0.29) is 0 Å². The van der Waals surface area contributed by atoms with E-state index >= 15 is 0 Å². The van der Waals surface area contributed by atoms with Gasteiger partial charge in [0, 0.05) is 0 Å². The molecular weight excluding hydrogens is 360 g/mol. The van der Waals surface area contributed by atoms with Crippen LogP contribution < -0.4 is 0 Å². The van der Waals surface area contributed by atoms with Crippen molar-refractivity contribution in [1.29, 1.82) is 0 Å². The van der Waals surface area contributed by atoms with Crippen molar-refractivity contribution in [3.05, 3.63) is 109 Å². The van der Waals surface area contributed by atoms with E-state index in [0.29, 0.717) is 0 Å². The molecule has 0 atom stereocenters. The Hall–Kier alpha value is -3.90. The Balaban J connectivity index is 1.94. The molecule has 0 saturated heterocycles. The van der Waals surface area contributed by atoms with Gasteiger partial charge >= 0.3 is 0 Å². The molecule has 7 aromatic rings. The van der Waals surface area contributed by atoms with Gasteiger partial charge in [-0.15, -0.1) is 0 Å². The average molecular weight is 378 g/mol. The van der Waals surface area contributed by atoms with Crippen LogP contribution in [0.1, 0.15) is 0 Å². The van der Waals surface area contributed by atoms with Gasteiger partial charge in [0.15, 0.2) is 0 Å². The minimum Gasteiger partial charge on any atom is -0.0616 e. The van der Waals surface area contributed by atoms with Crippen LogP contribution in [0.3, 0.4) is 0 Å². The average Bonchev–Trinajstić information content (AvgIpc) is 2.82. The standard InChI is InChI=1S/C30H18/c1-2-10-20-18-28-27(17-19(20)9-1)23-13-5-8-16-26(23)29-24-14-6-3-11-21(24)22-12-4-7-15-25(22)30(28)29/h1-18H. The highest BCUT2D eigenvalue weighted by molar-refractivity contribution is 6.40. The highest BCUT2D eigenvalue weighted by atomic mass is 14.2. The molecule has 30 heavy (non-hydrogen) atoms. The van der Waals surface area contributed by atoms with Gasteiger partial charge in [0.25, 0.3) is 0 Å². The summed E-state index contributed by atoms with van der Waals surface area (Å²) in [5, 5.41) is 15.9.